The summed E-state index contributed by atoms with van der Waals surface area (Å²) in [6.07, 6.45) is 0. The lowest BCUT2D eigenvalue weighted by molar-refractivity contribution is 0.666. The minimum Gasteiger partial charge on any atom is -0.456 e. The first kappa shape index (κ1) is 28.9. The summed E-state index contributed by atoms with van der Waals surface area (Å²) in [5.41, 5.74) is 11.6. The fourth-order valence-electron chi connectivity index (χ4n) is 8.16. The van der Waals surface area contributed by atoms with Crippen molar-refractivity contribution in [2.24, 2.45) is 0 Å². The van der Waals surface area contributed by atoms with Crippen molar-refractivity contribution in [1.29, 1.82) is 0 Å². The van der Waals surface area contributed by atoms with Crippen molar-refractivity contribution in [3.05, 3.63) is 158 Å². The maximum atomic E-state index is 6.52. The van der Waals surface area contributed by atoms with E-state index in [1.807, 2.05) is 54.2 Å². The average molecular weight is 695 g/mol. The molecule has 1 aliphatic rings. The molecular formula is C48H26N2O2S. The lowest BCUT2D eigenvalue weighted by atomic mass is 9.92. The van der Waals surface area contributed by atoms with Crippen molar-refractivity contribution in [3.8, 4) is 44.9 Å². The third-order valence-electron chi connectivity index (χ3n) is 10.7. The van der Waals surface area contributed by atoms with Crippen LogP contribution in [0.3, 0.4) is 0 Å². The topological polar surface area (TPSA) is 52.1 Å². The first-order chi connectivity index (χ1) is 26.2. The lowest BCUT2D eigenvalue weighted by Gasteiger charge is -2.22. The van der Waals surface area contributed by atoms with E-state index in [4.69, 9.17) is 18.8 Å². The normalized spacial score (nSPS) is 12.5. The van der Waals surface area contributed by atoms with Gasteiger partial charge in [0.2, 0.25) is 0 Å². The van der Waals surface area contributed by atoms with Crippen molar-refractivity contribution in [1.82, 2.24) is 9.97 Å². The molecule has 0 amide bonds. The van der Waals surface area contributed by atoms with Gasteiger partial charge in [0.1, 0.15) is 28.0 Å². The smallest absolute Gasteiger partial charge is 0.180 e. The molecule has 246 valence electrons. The van der Waals surface area contributed by atoms with Gasteiger partial charge >= 0.3 is 0 Å². The third-order valence-corrected chi connectivity index (χ3v) is 11.8. The van der Waals surface area contributed by atoms with Gasteiger partial charge in [-0.2, -0.15) is 0 Å². The molecule has 0 saturated heterocycles. The van der Waals surface area contributed by atoms with Crippen molar-refractivity contribution < 1.29 is 8.83 Å². The molecule has 8 aromatic carbocycles. The predicted molar refractivity (Wildman–Crippen MR) is 217 cm³/mol. The largest absolute Gasteiger partial charge is 0.456 e. The molecule has 4 heterocycles. The van der Waals surface area contributed by atoms with E-state index in [1.54, 1.807) is 0 Å². The van der Waals surface area contributed by atoms with E-state index in [2.05, 4.69) is 115 Å². The van der Waals surface area contributed by atoms with Crippen LogP contribution in [0, 0.1) is 0 Å². The monoisotopic (exact) mass is 694 g/mol. The average Bonchev–Trinajstić information content (AvgIpc) is 3.78. The second-order valence-corrected chi connectivity index (χ2v) is 14.8. The Morgan fingerprint density at radius 1 is 0.415 bits per heavy atom. The van der Waals surface area contributed by atoms with Gasteiger partial charge in [0.05, 0.1) is 0 Å². The van der Waals surface area contributed by atoms with Gasteiger partial charge in [-0.25, -0.2) is 9.97 Å². The van der Waals surface area contributed by atoms with Crippen LogP contribution in [-0.2, 0) is 0 Å². The van der Waals surface area contributed by atoms with Crippen molar-refractivity contribution in [2.75, 3.05) is 0 Å². The molecule has 3 aromatic heterocycles. The summed E-state index contributed by atoms with van der Waals surface area (Å²) >= 11 is 1.83. The van der Waals surface area contributed by atoms with Crippen molar-refractivity contribution in [3.63, 3.8) is 0 Å². The summed E-state index contributed by atoms with van der Waals surface area (Å²) in [7, 11) is 0. The van der Waals surface area contributed by atoms with Gasteiger partial charge in [-0.3, -0.25) is 0 Å². The van der Waals surface area contributed by atoms with Gasteiger partial charge in [-0.1, -0.05) is 103 Å². The number of para-hydroxylation sites is 2. The zero-order valence-corrected chi connectivity index (χ0v) is 28.9. The van der Waals surface area contributed by atoms with Crippen LogP contribution in [0.15, 0.2) is 176 Å². The Hall–Kier alpha value is -6.69. The van der Waals surface area contributed by atoms with E-state index in [0.29, 0.717) is 11.4 Å². The fraction of sp³-hybridized carbons (Fsp3) is 0. The van der Waals surface area contributed by atoms with E-state index in [9.17, 15) is 0 Å². The van der Waals surface area contributed by atoms with Crippen LogP contribution < -0.4 is 0 Å². The molecule has 53 heavy (non-hydrogen) atoms. The highest BCUT2D eigenvalue weighted by Gasteiger charge is 2.24. The Bertz CT molecular complexity index is 3340. The molecular weight excluding hydrogens is 669 g/mol. The zero-order chi connectivity index (χ0) is 34.6. The number of fused-ring (bicyclic) bond motifs is 9. The van der Waals surface area contributed by atoms with Gasteiger partial charge in [-0.05, 0) is 105 Å². The van der Waals surface area contributed by atoms with Crippen molar-refractivity contribution >= 4 is 77.3 Å². The van der Waals surface area contributed by atoms with Gasteiger partial charge in [0, 0.05) is 42.5 Å². The maximum Gasteiger partial charge on any atom is 0.180 e. The van der Waals surface area contributed by atoms with Gasteiger partial charge in [0.15, 0.2) is 11.4 Å². The van der Waals surface area contributed by atoms with Crippen LogP contribution in [0.5, 0.6) is 0 Å². The molecule has 0 N–H and O–H groups in total. The fourth-order valence-corrected chi connectivity index (χ4v) is 9.27. The molecule has 11 aromatic rings. The standard InChI is InChI=1S/C48H26N2O2S/c1-2-9-28-24-29(17-16-27(28)8-1)30-19-22-42-38(25-30)34-13-7-12-33-35(20-23-43(53-42)44(33)34)48-49-45(47-46(50-48)36-11-4-6-15-40(36)52-47)31-18-21-41-37(26-31)32-10-3-5-14-39(32)51-41/h1-26H. The number of aromatic nitrogens is 2. The first-order valence-corrected chi connectivity index (χ1v) is 18.5. The second kappa shape index (κ2) is 10.9. The molecule has 0 atom stereocenters. The highest BCUT2D eigenvalue weighted by molar-refractivity contribution is 7.99. The van der Waals surface area contributed by atoms with Crippen LogP contribution in [0.4, 0.5) is 0 Å². The van der Waals surface area contributed by atoms with Gasteiger partial charge in [0.25, 0.3) is 0 Å². The highest BCUT2D eigenvalue weighted by atomic mass is 32.2. The minimum atomic E-state index is 0.667. The van der Waals surface area contributed by atoms with Crippen LogP contribution in [0.25, 0.3) is 110 Å². The SMILES string of the molecule is c1ccc2cc(-c3ccc4c(c3)-c3cccc5c(-c6nc(-c7ccc8oc9ccccc9c8c7)c7oc8ccccc8c7n6)ccc(c35)S4)ccc2c1. The summed E-state index contributed by atoms with van der Waals surface area (Å²) in [6, 6.07) is 55.7. The van der Waals surface area contributed by atoms with Gasteiger partial charge < -0.3 is 8.83 Å². The van der Waals surface area contributed by atoms with E-state index in [1.165, 1.54) is 48.2 Å². The molecule has 0 spiro atoms. The molecule has 5 heteroatoms. The Kier molecular flexibility index (Phi) is 5.96. The molecule has 4 nitrogen and oxygen atoms in total. The Morgan fingerprint density at radius 2 is 1.13 bits per heavy atom. The molecule has 0 fully saturated rings. The number of furan rings is 2. The zero-order valence-electron chi connectivity index (χ0n) is 28.1. The van der Waals surface area contributed by atoms with E-state index < -0.39 is 0 Å². The van der Waals surface area contributed by atoms with Crippen LogP contribution in [0.1, 0.15) is 0 Å². The Morgan fingerprint density at radius 3 is 2.06 bits per heavy atom. The number of hydrogen-bond donors (Lipinski definition) is 0. The first-order valence-electron chi connectivity index (χ1n) is 17.7. The molecule has 1 aliphatic heterocycles. The predicted octanol–water partition coefficient (Wildman–Crippen LogP) is 13.7. The molecule has 0 radical (unpaired) electrons. The van der Waals surface area contributed by atoms with E-state index in [0.717, 1.165) is 60.6 Å². The summed E-state index contributed by atoms with van der Waals surface area (Å²) in [5.74, 6) is 0.667. The van der Waals surface area contributed by atoms with E-state index in [-0.39, 0.29) is 0 Å². The number of benzene rings is 8. The summed E-state index contributed by atoms with van der Waals surface area (Å²) in [6.45, 7) is 0. The highest BCUT2D eigenvalue weighted by Crippen LogP contribution is 2.51. The maximum absolute atomic E-state index is 6.52. The second-order valence-electron chi connectivity index (χ2n) is 13.7. The summed E-state index contributed by atoms with van der Waals surface area (Å²) in [4.78, 5) is 13.1. The minimum absolute atomic E-state index is 0.667. The lowest BCUT2D eigenvalue weighted by Crippen LogP contribution is -1.98. The molecule has 0 saturated carbocycles. The molecule has 0 unspecified atom stereocenters. The number of rotatable bonds is 3. The van der Waals surface area contributed by atoms with Gasteiger partial charge in [-0.15, -0.1) is 0 Å². The molecule has 0 bridgehead atoms. The molecule has 12 rings (SSSR count). The Balaban J connectivity index is 1.07. The van der Waals surface area contributed by atoms with Crippen molar-refractivity contribution in [2.45, 2.75) is 9.79 Å². The van der Waals surface area contributed by atoms with Crippen LogP contribution >= 0.6 is 11.8 Å². The van der Waals surface area contributed by atoms with Crippen LogP contribution in [0.2, 0.25) is 0 Å². The summed E-state index contributed by atoms with van der Waals surface area (Å²) < 4.78 is 12.7. The van der Waals surface area contributed by atoms with E-state index >= 15 is 0 Å². The quantitative estimate of drug-likeness (QED) is 0.184. The molecule has 0 aliphatic carbocycles. The third kappa shape index (κ3) is 4.32. The number of hydrogen-bond acceptors (Lipinski definition) is 5. The number of nitrogens with zero attached hydrogens (tertiary/aromatic N) is 2. The Labute approximate surface area is 307 Å². The van der Waals surface area contributed by atoms with Crippen LogP contribution in [-0.4, -0.2) is 9.97 Å². The summed E-state index contributed by atoms with van der Waals surface area (Å²) in [5, 5.41) is 7.94.